The maximum Gasteiger partial charge on any atom is 0.305 e. The van der Waals surface area contributed by atoms with E-state index in [-0.39, 0.29) is 16.8 Å². The van der Waals surface area contributed by atoms with Crippen molar-refractivity contribution in [2.45, 2.75) is 65.0 Å². The summed E-state index contributed by atoms with van der Waals surface area (Å²) in [6.45, 7) is 10.2. The summed E-state index contributed by atoms with van der Waals surface area (Å²) in [4.78, 5) is 12.0. The molecule has 1 atom stereocenters. The van der Waals surface area contributed by atoms with E-state index >= 15 is 0 Å². The summed E-state index contributed by atoms with van der Waals surface area (Å²) >= 11 is 8.80. The fourth-order valence-electron chi connectivity index (χ4n) is 2.63. The van der Waals surface area contributed by atoms with Crippen molar-refractivity contribution < 1.29 is 14.3 Å². The molecule has 26 heavy (non-hydrogen) atoms. The van der Waals surface area contributed by atoms with Crippen molar-refractivity contribution in [3.63, 3.8) is 0 Å². The van der Waals surface area contributed by atoms with Gasteiger partial charge in [-0.15, -0.1) is 23.3 Å². The first kappa shape index (κ1) is 25.2. The van der Waals surface area contributed by atoms with Gasteiger partial charge >= 0.3 is 5.97 Å². The van der Waals surface area contributed by atoms with Crippen molar-refractivity contribution in [2.75, 3.05) is 31.3 Å². The predicted octanol–water partition coefficient (Wildman–Crippen LogP) is 6.00. The molecule has 1 rings (SSSR count). The van der Waals surface area contributed by atoms with E-state index in [1.54, 1.807) is 0 Å². The van der Waals surface area contributed by atoms with Gasteiger partial charge in [0.2, 0.25) is 0 Å². The topological polar surface area (TPSA) is 35.5 Å². The molecule has 0 N–H and O–H groups in total. The molecule has 1 saturated heterocycles. The van der Waals surface area contributed by atoms with Gasteiger partial charge in [-0.05, 0) is 30.4 Å². The number of rotatable bonds is 13. The highest BCUT2D eigenvalue weighted by Gasteiger charge is 2.24. The Balaban J connectivity index is 2.11. The van der Waals surface area contributed by atoms with Gasteiger partial charge in [0, 0.05) is 22.8 Å². The second-order valence-corrected chi connectivity index (χ2v) is 16.3. The van der Waals surface area contributed by atoms with Gasteiger partial charge < -0.3 is 9.47 Å². The molecule has 156 valence electrons. The second-order valence-electron chi connectivity index (χ2n) is 8.59. The van der Waals surface area contributed by atoms with Gasteiger partial charge in [-0.25, -0.2) is 0 Å². The summed E-state index contributed by atoms with van der Waals surface area (Å²) in [6.07, 6.45) is 5.12. The number of thiol groups is 3. The molecular weight excluding hydrogens is 425 g/mol. The lowest BCUT2D eigenvalue weighted by Gasteiger charge is -2.30. The van der Waals surface area contributed by atoms with Crippen LogP contribution in [0, 0.1) is 10.8 Å². The zero-order chi connectivity index (χ0) is 19.6. The van der Waals surface area contributed by atoms with Gasteiger partial charge in [0.1, 0.15) is 0 Å². The normalized spacial score (nSPS) is 18.8. The Morgan fingerprint density at radius 1 is 1.12 bits per heavy atom. The molecule has 1 unspecified atom stereocenters. The lowest BCUT2D eigenvalue weighted by atomic mass is 9.95. The number of carbonyl (C=O) groups excluding carboxylic acids is 1. The Morgan fingerprint density at radius 2 is 1.81 bits per heavy atom. The highest BCUT2D eigenvalue weighted by molar-refractivity contribution is 9.09. The quantitative estimate of drug-likeness (QED) is 0.136. The summed E-state index contributed by atoms with van der Waals surface area (Å²) in [5, 5.41) is 0.790. The minimum Gasteiger partial charge on any atom is -0.465 e. The van der Waals surface area contributed by atoms with Gasteiger partial charge in [0.05, 0.1) is 19.8 Å². The van der Waals surface area contributed by atoms with Gasteiger partial charge in [0.25, 0.3) is 0 Å². The van der Waals surface area contributed by atoms with E-state index in [9.17, 15) is 4.79 Å². The van der Waals surface area contributed by atoms with Gasteiger partial charge in [-0.2, -0.15) is 8.96 Å². The molecule has 0 aromatic heterocycles. The predicted molar refractivity (Wildman–Crippen MR) is 128 cm³/mol. The molecule has 0 bridgehead atoms. The average molecular weight is 461 g/mol. The molecule has 1 aliphatic heterocycles. The fraction of sp³-hybridized carbons (Fsp3) is 0.944. The van der Waals surface area contributed by atoms with E-state index in [2.05, 4.69) is 51.0 Å². The lowest BCUT2D eigenvalue weighted by molar-refractivity contribution is -0.148. The van der Waals surface area contributed by atoms with Crippen molar-refractivity contribution in [2.24, 2.45) is 10.8 Å². The minimum absolute atomic E-state index is 0.0675. The third-order valence-electron chi connectivity index (χ3n) is 4.06. The Morgan fingerprint density at radius 3 is 2.42 bits per heavy atom. The number of hydrogen-bond acceptors (Lipinski definition) is 7. The molecule has 8 heteroatoms. The second kappa shape index (κ2) is 12.7. The van der Waals surface area contributed by atoms with Crippen LogP contribution in [0.15, 0.2) is 0 Å². The number of unbranched alkanes of at least 4 members (excludes halogenated alkanes) is 1. The van der Waals surface area contributed by atoms with E-state index < -0.39 is 8.96 Å². The van der Waals surface area contributed by atoms with Crippen LogP contribution < -0.4 is 0 Å². The third kappa shape index (κ3) is 12.6. The van der Waals surface area contributed by atoms with Gasteiger partial charge in [0.15, 0.2) is 0 Å². The van der Waals surface area contributed by atoms with Gasteiger partial charge in [-0.3, -0.25) is 4.79 Å². The molecular formula is C18H36O3S5. The minimum atomic E-state index is -0.522. The van der Waals surface area contributed by atoms with Crippen LogP contribution in [0.5, 0.6) is 0 Å². The standard InChI is InChI=1S/C18H36O3S5/c1-17(2,11-20-12-18(3,4)14-26(22)23)13-21-16(19)8-6-5-7-15-9-10-24-25-15/h15,22-23,26H,5-14H2,1-4H3. The SMILES string of the molecule is CC(C)(COCC(C)(C)C[SH](S)S)COC(=O)CCCCC1CCSS1. The first-order valence-electron chi connectivity index (χ1n) is 9.27. The Bertz CT molecular complexity index is 410. The summed E-state index contributed by atoms with van der Waals surface area (Å²) in [7, 11) is 3.46. The van der Waals surface area contributed by atoms with Crippen LogP contribution in [0.2, 0.25) is 0 Å². The molecule has 3 nitrogen and oxygen atoms in total. The number of ether oxygens (including phenoxy) is 2. The maximum atomic E-state index is 12.0. The third-order valence-corrected chi connectivity index (χ3v) is 9.06. The van der Waals surface area contributed by atoms with E-state index in [0.717, 1.165) is 23.8 Å². The number of hydrogen-bond donors (Lipinski definition) is 3. The van der Waals surface area contributed by atoms with Crippen LogP contribution in [0.4, 0.5) is 0 Å². The van der Waals surface area contributed by atoms with Crippen LogP contribution >= 0.6 is 53.9 Å². The van der Waals surface area contributed by atoms with Crippen molar-refractivity contribution in [1.82, 2.24) is 0 Å². The summed E-state index contributed by atoms with van der Waals surface area (Å²) in [6, 6.07) is 0. The van der Waals surface area contributed by atoms with Crippen LogP contribution in [0.3, 0.4) is 0 Å². The zero-order valence-electron chi connectivity index (χ0n) is 16.5. The average Bonchev–Trinajstić information content (AvgIpc) is 3.01. The lowest BCUT2D eigenvalue weighted by Crippen LogP contribution is -2.30. The molecule has 0 spiro atoms. The van der Waals surface area contributed by atoms with Crippen LogP contribution in [0.1, 0.15) is 59.8 Å². The largest absolute Gasteiger partial charge is 0.465 e. The summed E-state index contributed by atoms with van der Waals surface area (Å²) in [5.41, 5.74) is -0.103. The Hall–Kier alpha value is 1.18. The van der Waals surface area contributed by atoms with Crippen LogP contribution in [-0.2, 0) is 14.3 Å². The Labute approximate surface area is 180 Å². The molecule has 0 aromatic rings. The molecule has 1 fully saturated rings. The smallest absolute Gasteiger partial charge is 0.305 e. The monoisotopic (exact) mass is 460 g/mol. The van der Waals surface area contributed by atoms with Crippen molar-refractivity contribution in [3.8, 4) is 0 Å². The highest BCUT2D eigenvalue weighted by Crippen LogP contribution is 2.41. The number of esters is 1. The molecule has 0 amide bonds. The summed E-state index contributed by atoms with van der Waals surface area (Å²) < 4.78 is 11.4. The van der Waals surface area contributed by atoms with Crippen molar-refractivity contribution >= 4 is 59.8 Å². The first-order chi connectivity index (χ1) is 12.1. The van der Waals surface area contributed by atoms with Crippen molar-refractivity contribution in [1.29, 1.82) is 0 Å². The van der Waals surface area contributed by atoms with Crippen molar-refractivity contribution in [3.05, 3.63) is 0 Å². The van der Waals surface area contributed by atoms with Crippen LogP contribution in [-0.4, -0.2) is 42.5 Å². The van der Waals surface area contributed by atoms with E-state index in [1.165, 1.54) is 18.6 Å². The summed E-state index contributed by atoms with van der Waals surface area (Å²) in [5.74, 6) is 2.14. The van der Waals surface area contributed by atoms with E-state index in [0.29, 0.717) is 26.2 Å². The van der Waals surface area contributed by atoms with Gasteiger partial charge in [-0.1, -0.05) is 55.7 Å². The molecule has 0 aromatic carbocycles. The number of carbonyl (C=O) groups is 1. The molecule has 0 saturated carbocycles. The molecule has 0 aliphatic carbocycles. The maximum absolute atomic E-state index is 12.0. The van der Waals surface area contributed by atoms with E-state index in [4.69, 9.17) is 9.47 Å². The first-order valence-corrected chi connectivity index (χ1v) is 15.5. The Kier molecular flexibility index (Phi) is 12.3. The zero-order valence-corrected chi connectivity index (χ0v) is 20.8. The molecule has 1 aliphatic rings. The highest BCUT2D eigenvalue weighted by atomic mass is 33.5. The fourth-order valence-corrected chi connectivity index (χ4v) is 8.81. The van der Waals surface area contributed by atoms with E-state index in [1.807, 2.05) is 21.6 Å². The van der Waals surface area contributed by atoms with Crippen LogP contribution in [0.25, 0.3) is 0 Å². The molecule has 0 radical (unpaired) electrons. The molecule has 1 heterocycles.